The third kappa shape index (κ3) is 11.7. The van der Waals surface area contributed by atoms with Crippen LogP contribution < -0.4 is 10.9 Å². The summed E-state index contributed by atoms with van der Waals surface area (Å²) in [6.07, 6.45) is -5.42. The number of hydrazine groups is 2. The Labute approximate surface area is 165 Å². The van der Waals surface area contributed by atoms with Gasteiger partial charge < -0.3 is 4.74 Å². The van der Waals surface area contributed by atoms with E-state index in [1.807, 2.05) is 13.8 Å². The standard InChI is InChI=1S/C18H33F3N4O3/c1-12(2)9-24(23-16(27)28-17(6,7)8)11-15(26)22-25(10-13(3)4)14(5)18(19,20)21/h12-13H,5,9-11H2,1-4,6-8H3,(H,22,26)(H,23,27). The van der Waals surface area contributed by atoms with E-state index in [1.54, 1.807) is 34.6 Å². The zero-order chi connectivity index (χ0) is 22.3. The van der Waals surface area contributed by atoms with Gasteiger partial charge in [-0.3, -0.25) is 20.7 Å². The van der Waals surface area contributed by atoms with Crippen molar-refractivity contribution in [2.24, 2.45) is 11.8 Å². The molecule has 0 aromatic rings. The lowest BCUT2D eigenvalue weighted by atomic mass is 10.2. The summed E-state index contributed by atoms with van der Waals surface area (Å²) < 4.78 is 44.1. The second-order valence-corrected chi connectivity index (χ2v) is 8.37. The molecule has 0 aromatic carbocycles. The lowest BCUT2D eigenvalue weighted by Crippen LogP contribution is -2.54. The van der Waals surface area contributed by atoms with Gasteiger partial charge in [0.25, 0.3) is 5.91 Å². The predicted molar refractivity (Wildman–Crippen MR) is 101 cm³/mol. The van der Waals surface area contributed by atoms with Crippen LogP contribution in [0, 0.1) is 11.8 Å². The van der Waals surface area contributed by atoms with Crippen molar-refractivity contribution in [3.8, 4) is 0 Å². The van der Waals surface area contributed by atoms with Crippen molar-refractivity contribution in [1.82, 2.24) is 20.9 Å². The van der Waals surface area contributed by atoms with Crippen LogP contribution in [0.1, 0.15) is 48.5 Å². The van der Waals surface area contributed by atoms with E-state index in [0.717, 1.165) is 0 Å². The van der Waals surface area contributed by atoms with Crippen molar-refractivity contribution in [3.63, 3.8) is 0 Å². The first-order valence-electron chi connectivity index (χ1n) is 9.09. The highest BCUT2D eigenvalue weighted by molar-refractivity contribution is 5.78. The summed E-state index contributed by atoms with van der Waals surface area (Å²) in [5.74, 6) is -0.784. The van der Waals surface area contributed by atoms with Crippen molar-refractivity contribution in [2.75, 3.05) is 19.6 Å². The molecule has 0 aliphatic carbocycles. The topological polar surface area (TPSA) is 73.9 Å². The monoisotopic (exact) mass is 410 g/mol. The zero-order valence-electron chi connectivity index (χ0n) is 17.7. The molecule has 0 unspecified atom stereocenters. The van der Waals surface area contributed by atoms with Crippen molar-refractivity contribution in [1.29, 1.82) is 0 Å². The lowest BCUT2D eigenvalue weighted by molar-refractivity contribution is -0.135. The minimum Gasteiger partial charge on any atom is -0.443 e. The van der Waals surface area contributed by atoms with Crippen molar-refractivity contribution in [3.05, 3.63) is 12.3 Å². The van der Waals surface area contributed by atoms with E-state index in [0.29, 0.717) is 11.6 Å². The molecule has 0 atom stereocenters. The molecule has 2 amide bonds. The summed E-state index contributed by atoms with van der Waals surface area (Å²) in [6, 6.07) is 0. The number of carbonyl (C=O) groups excluding carboxylic acids is 2. The highest BCUT2D eigenvalue weighted by Gasteiger charge is 2.37. The molecule has 0 saturated carbocycles. The molecule has 0 rings (SSSR count). The van der Waals surface area contributed by atoms with E-state index < -0.39 is 29.5 Å². The fourth-order valence-corrected chi connectivity index (χ4v) is 2.12. The Morgan fingerprint density at radius 3 is 1.89 bits per heavy atom. The first-order valence-corrected chi connectivity index (χ1v) is 9.09. The molecule has 10 heteroatoms. The Hall–Kier alpha value is -1.97. The van der Waals surface area contributed by atoms with Gasteiger partial charge in [-0.05, 0) is 32.6 Å². The molecule has 0 saturated heterocycles. The smallest absolute Gasteiger partial charge is 0.432 e. The molecule has 0 aliphatic heterocycles. The van der Waals surface area contributed by atoms with Gasteiger partial charge in [0.05, 0.1) is 6.54 Å². The average Bonchev–Trinajstić information content (AvgIpc) is 2.40. The average molecular weight is 410 g/mol. The summed E-state index contributed by atoms with van der Waals surface area (Å²) in [7, 11) is 0. The van der Waals surface area contributed by atoms with Crippen LogP contribution in [0.15, 0.2) is 12.3 Å². The SMILES string of the molecule is C=C(N(CC(C)C)NC(=O)CN(CC(C)C)NC(=O)OC(C)(C)C)C(F)(F)F. The summed E-state index contributed by atoms with van der Waals surface area (Å²) in [6.45, 7) is 15.2. The van der Waals surface area contributed by atoms with Gasteiger partial charge in [0.1, 0.15) is 11.3 Å². The maximum absolute atomic E-state index is 13.0. The second kappa shape index (κ2) is 10.5. The minimum absolute atomic E-state index is 0.0617. The van der Waals surface area contributed by atoms with Gasteiger partial charge in [-0.15, -0.1) is 0 Å². The van der Waals surface area contributed by atoms with E-state index in [4.69, 9.17) is 4.74 Å². The molecule has 0 spiro atoms. The van der Waals surface area contributed by atoms with Crippen LogP contribution in [-0.4, -0.2) is 53.4 Å². The first kappa shape index (κ1) is 26.0. The summed E-state index contributed by atoms with van der Waals surface area (Å²) in [5.41, 5.74) is 2.79. The Morgan fingerprint density at radius 2 is 1.50 bits per heavy atom. The summed E-state index contributed by atoms with van der Waals surface area (Å²) in [4.78, 5) is 24.3. The van der Waals surface area contributed by atoms with Gasteiger partial charge in [-0.2, -0.15) is 13.2 Å². The van der Waals surface area contributed by atoms with Crippen LogP contribution >= 0.6 is 0 Å². The number of halogens is 3. The highest BCUT2D eigenvalue weighted by atomic mass is 19.4. The van der Waals surface area contributed by atoms with E-state index in [9.17, 15) is 22.8 Å². The molecule has 0 radical (unpaired) electrons. The number of hydrogen-bond donors (Lipinski definition) is 2. The number of allylic oxidation sites excluding steroid dienone is 1. The summed E-state index contributed by atoms with van der Waals surface area (Å²) >= 11 is 0. The van der Waals surface area contributed by atoms with E-state index >= 15 is 0 Å². The van der Waals surface area contributed by atoms with E-state index in [1.165, 1.54) is 5.01 Å². The minimum atomic E-state index is -4.67. The molecule has 0 aliphatic rings. The number of amides is 2. The number of nitrogens with one attached hydrogen (secondary N) is 2. The molecule has 0 fully saturated rings. The van der Waals surface area contributed by atoms with Crippen molar-refractivity contribution >= 4 is 12.0 Å². The maximum Gasteiger partial charge on any atom is 0.432 e. The first-order chi connectivity index (χ1) is 12.5. The molecular formula is C18H33F3N4O3. The van der Waals surface area contributed by atoms with E-state index in [2.05, 4.69) is 17.4 Å². The third-order valence-electron chi connectivity index (χ3n) is 3.03. The van der Waals surface area contributed by atoms with Crippen LogP contribution in [0.2, 0.25) is 0 Å². The van der Waals surface area contributed by atoms with Gasteiger partial charge in [0, 0.05) is 13.1 Å². The largest absolute Gasteiger partial charge is 0.443 e. The number of ether oxygens (including phenoxy) is 1. The number of hydrogen-bond acceptors (Lipinski definition) is 5. The molecule has 0 aromatic heterocycles. The van der Waals surface area contributed by atoms with Gasteiger partial charge in [-0.25, -0.2) is 9.80 Å². The van der Waals surface area contributed by atoms with Crippen LogP contribution in [-0.2, 0) is 9.53 Å². The Morgan fingerprint density at radius 1 is 1.00 bits per heavy atom. The van der Waals surface area contributed by atoms with Crippen molar-refractivity contribution in [2.45, 2.75) is 60.2 Å². The molecule has 0 heterocycles. The van der Waals surface area contributed by atoms with Gasteiger partial charge in [0.2, 0.25) is 0 Å². The predicted octanol–water partition coefficient (Wildman–Crippen LogP) is 3.45. The number of alkyl halides is 3. The zero-order valence-corrected chi connectivity index (χ0v) is 17.7. The molecular weight excluding hydrogens is 377 g/mol. The Balaban J connectivity index is 5.11. The molecule has 164 valence electrons. The number of carbonyl (C=O) groups is 2. The molecule has 0 bridgehead atoms. The van der Waals surface area contributed by atoms with Gasteiger partial charge in [-0.1, -0.05) is 34.3 Å². The van der Waals surface area contributed by atoms with Crippen LogP contribution in [0.5, 0.6) is 0 Å². The van der Waals surface area contributed by atoms with E-state index in [-0.39, 0.29) is 24.9 Å². The molecule has 28 heavy (non-hydrogen) atoms. The van der Waals surface area contributed by atoms with Crippen molar-refractivity contribution < 1.29 is 27.5 Å². The Kier molecular flexibility index (Phi) is 9.80. The normalized spacial score (nSPS) is 12.3. The molecule has 2 N–H and O–H groups in total. The third-order valence-corrected chi connectivity index (χ3v) is 3.03. The second-order valence-electron chi connectivity index (χ2n) is 8.37. The summed E-state index contributed by atoms with van der Waals surface area (Å²) in [5, 5.41) is 1.99. The number of nitrogens with zero attached hydrogens (tertiary/aromatic N) is 2. The number of rotatable bonds is 9. The Bertz CT molecular complexity index is 543. The fraction of sp³-hybridized carbons (Fsp3) is 0.778. The molecule has 7 nitrogen and oxygen atoms in total. The fourth-order valence-electron chi connectivity index (χ4n) is 2.12. The lowest BCUT2D eigenvalue weighted by Gasteiger charge is -2.31. The maximum atomic E-state index is 13.0. The van der Waals surface area contributed by atoms with Gasteiger partial charge >= 0.3 is 12.3 Å². The van der Waals surface area contributed by atoms with Gasteiger partial charge in [0.15, 0.2) is 0 Å². The quantitative estimate of drug-likeness (QED) is 0.570. The van der Waals surface area contributed by atoms with Crippen LogP contribution in [0.25, 0.3) is 0 Å². The highest BCUT2D eigenvalue weighted by Crippen LogP contribution is 2.26. The van der Waals surface area contributed by atoms with Crippen LogP contribution in [0.4, 0.5) is 18.0 Å². The van der Waals surface area contributed by atoms with Crippen LogP contribution in [0.3, 0.4) is 0 Å².